The summed E-state index contributed by atoms with van der Waals surface area (Å²) >= 11 is 0. The van der Waals surface area contributed by atoms with Crippen molar-refractivity contribution < 1.29 is 4.79 Å². The van der Waals surface area contributed by atoms with Gasteiger partial charge in [-0.3, -0.25) is 4.79 Å². The molecule has 0 unspecified atom stereocenters. The van der Waals surface area contributed by atoms with Crippen molar-refractivity contribution in [3.63, 3.8) is 0 Å². The highest BCUT2D eigenvalue weighted by Gasteiger charge is 2.09. The summed E-state index contributed by atoms with van der Waals surface area (Å²) in [5.41, 5.74) is 0. The van der Waals surface area contributed by atoms with Crippen LogP contribution in [0.15, 0.2) is 24.3 Å². The zero-order valence-corrected chi connectivity index (χ0v) is 5.42. The van der Waals surface area contributed by atoms with Crippen LogP contribution in [0.1, 0.15) is 13.3 Å². The summed E-state index contributed by atoms with van der Waals surface area (Å²) < 4.78 is 0. The van der Waals surface area contributed by atoms with Crippen LogP contribution in [0, 0.1) is 5.92 Å². The molecule has 0 aliphatic heterocycles. The Morgan fingerprint density at radius 1 is 1.56 bits per heavy atom. The van der Waals surface area contributed by atoms with Crippen molar-refractivity contribution in [3.8, 4) is 0 Å². The lowest BCUT2D eigenvalue weighted by molar-refractivity contribution is -0.114. The Balaban J connectivity index is 2.56. The number of Topliss-reactive ketones (excluding diaryl/α,β-unsaturated/α-hetero) is 1. The molecule has 1 aliphatic carbocycles. The van der Waals surface area contributed by atoms with Crippen LogP contribution >= 0.6 is 0 Å². The van der Waals surface area contributed by atoms with Crippen LogP contribution in [0.5, 0.6) is 0 Å². The summed E-state index contributed by atoms with van der Waals surface area (Å²) in [4.78, 5) is 10.7. The predicted molar refractivity (Wildman–Crippen MR) is 36.8 cm³/mol. The van der Waals surface area contributed by atoms with Gasteiger partial charge in [0.05, 0.1) is 5.92 Å². The second-order valence-corrected chi connectivity index (χ2v) is 2.07. The average Bonchev–Trinajstić information content (AvgIpc) is 1.90. The molecule has 0 atom stereocenters. The van der Waals surface area contributed by atoms with E-state index in [1.165, 1.54) is 0 Å². The summed E-state index contributed by atoms with van der Waals surface area (Å²) in [6.45, 7) is 1.60. The van der Waals surface area contributed by atoms with Crippen LogP contribution < -0.4 is 0 Å². The van der Waals surface area contributed by atoms with Gasteiger partial charge >= 0.3 is 0 Å². The number of hydrogen-bond acceptors (Lipinski definition) is 1. The first-order valence-corrected chi connectivity index (χ1v) is 3.00. The van der Waals surface area contributed by atoms with Gasteiger partial charge in [-0.25, -0.2) is 0 Å². The number of ketones is 1. The van der Waals surface area contributed by atoms with E-state index in [2.05, 4.69) is 0 Å². The molecule has 0 fully saturated rings. The lowest BCUT2D eigenvalue weighted by Gasteiger charge is -2.05. The third-order valence-electron chi connectivity index (χ3n) is 1.33. The highest BCUT2D eigenvalue weighted by molar-refractivity contribution is 5.92. The van der Waals surface area contributed by atoms with Gasteiger partial charge in [0.2, 0.25) is 0 Å². The van der Waals surface area contributed by atoms with Crippen molar-refractivity contribution in [2.75, 3.05) is 0 Å². The third-order valence-corrected chi connectivity index (χ3v) is 1.33. The minimum atomic E-state index is 0.176. The maximum atomic E-state index is 10.7. The third kappa shape index (κ3) is 1.53. The lowest BCUT2D eigenvalue weighted by atomic mass is 9.97. The van der Waals surface area contributed by atoms with Gasteiger partial charge in [-0.2, -0.15) is 0 Å². The molecule has 0 N–H and O–H groups in total. The summed E-state index contributed by atoms with van der Waals surface area (Å²) in [7, 11) is 0. The van der Waals surface area contributed by atoms with E-state index in [0.717, 1.165) is 12.3 Å². The Labute approximate surface area is 55.1 Å². The average molecular weight is 121 g/mol. The molecule has 0 heterocycles. The molecule has 47 valence electrons. The van der Waals surface area contributed by atoms with Gasteiger partial charge in [0.15, 0.2) is 0 Å². The number of carbonyl (C=O) groups excluding carboxylic acids is 1. The van der Waals surface area contributed by atoms with Crippen LogP contribution in [-0.2, 0) is 4.79 Å². The Hall–Kier alpha value is -0.850. The molecule has 1 aliphatic rings. The molecular formula is C8H9O. The first-order valence-electron chi connectivity index (χ1n) is 3.00. The van der Waals surface area contributed by atoms with E-state index in [9.17, 15) is 4.79 Å². The molecule has 1 rings (SSSR count). The van der Waals surface area contributed by atoms with E-state index >= 15 is 0 Å². The van der Waals surface area contributed by atoms with Crippen LogP contribution in [0.3, 0.4) is 0 Å². The van der Waals surface area contributed by atoms with Crippen molar-refractivity contribution in [1.29, 1.82) is 0 Å². The molecule has 1 heteroatoms. The Morgan fingerprint density at radius 2 is 2.33 bits per heavy atom. The lowest BCUT2D eigenvalue weighted by Crippen LogP contribution is -2.04. The van der Waals surface area contributed by atoms with Gasteiger partial charge < -0.3 is 0 Å². The molecule has 1 nitrogen and oxygen atoms in total. The minimum Gasteiger partial charge on any atom is -0.299 e. The van der Waals surface area contributed by atoms with E-state index in [-0.39, 0.29) is 5.78 Å². The zero-order valence-electron chi connectivity index (χ0n) is 5.42. The zero-order chi connectivity index (χ0) is 6.69. The van der Waals surface area contributed by atoms with Crippen LogP contribution in [0.25, 0.3) is 0 Å². The van der Waals surface area contributed by atoms with Gasteiger partial charge in [-0.05, 0) is 13.3 Å². The smallest absolute Gasteiger partial charge is 0.141 e. The molecule has 0 saturated heterocycles. The first-order chi connectivity index (χ1) is 4.30. The van der Waals surface area contributed by atoms with E-state index in [1.54, 1.807) is 6.92 Å². The molecule has 9 heavy (non-hydrogen) atoms. The van der Waals surface area contributed by atoms with Crippen LogP contribution in [0.2, 0.25) is 0 Å². The Kier molecular flexibility index (Phi) is 1.83. The SMILES string of the molecule is CC(=O)[C]1C=CC=CC1. The monoisotopic (exact) mass is 121 g/mol. The molecule has 0 aromatic heterocycles. The summed E-state index contributed by atoms with van der Waals surface area (Å²) in [5, 5.41) is 0. The fourth-order valence-electron chi connectivity index (χ4n) is 0.774. The maximum absolute atomic E-state index is 10.7. The Bertz CT molecular complexity index is 165. The number of hydrogen-bond donors (Lipinski definition) is 0. The normalized spacial score (nSPS) is 18.3. The summed E-state index contributed by atoms with van der Waals surface area (Å²) in [6, 6.07) is 0. The van der Waals surface area contributed by atoms with E-state index in [1.807, 2.05) is 24.3 Å². The molecule has 0 bridgehead atoms. The van der Waals surface area contributed by atoms with Gasteiger partial charge in [0.25, 0.3) is 0 Å². The van der Waals surface area contributed by atoms with E-state index in [4.69, 9.17) is 0 Å². The summed E-state index contributed by atoms with van der Waals surface area (Å²) in [5.74, 6) is 1.08. The fourth-order valence-corrected chi connectivity index (χ4v) is 0.774. The van der Waals surface area contributed by atoms with Gasteiger partial charge in [-0.1, -0.05) is 24.3 Å². The van der Waals surface area contributed by atoms with Crippen molar-refractivity contribution in [1.82, 2.24) is 0 Å². The Morgan fingerprint density at radius 3 is 2.67 bits per heavy atom. The van der Waals surface area contributed by atoms with Crippen molar-refractivity contribution >= 4 is 5.78 Å². The minimum absolute atomic E-state index is 0.176. The maximum Gasteiger partial charge on any atom is 0.141 e. The number of allylic oxidation sites excluding steroid dienone is 4. The van der Waals surface area contributed by atoms with Gasteiger partial charge in [0.1, 0.15) is 5.78 Å². The highest BCUT2D eigenvalue weighted by Crippen LogP contribution is 2.13. The first kappa shape index (κ1) is 6.27. The topological polar surface area (TPSA) is 17.1 Å². The second-order valence-electron chi connectivity index (χ2n) is 2.07. The van der Waals surface area contributed by atoms with Gasteiger partial charge in [0, 0.05) is 0 Å². The highest BCUT2D eigenvalue weighted by atomic mass is 16.1. The number of rotatable bonds is 1. The quantitative estimate of drug-likeness (QED) is 0.515. The van der Waals surface area contributed by atoms with Crippen LogP contribution in [0.4, 0.5) is 0 Å². The molecule has 1 radical (unpaired) electrons. The molecule has 0 spiro atoms. The van der Waals surface area contributed by atoms with Crippen molar-refractivity contribution in [3.05, 3.63) is 30.2 Å². The predicted octanol–water partition coefficient (Wildman–Crippen LogP) is 1.67. The summed E-state index contributed by atoms with van der Waals surface area (Å²) in [6.07, 6.45) is 8.48. The largest absolute Gasteiger partial charge is 0.299 e. The molecule has 0 amide bonds. The molecule has 0 aromatic carbocycles. The van der Waals surface area contributed by atoms with Crippen molar-refractivity contribution in [2.45, 2.75) is 13.3 Å². The second kappa shape index (κ2) is 2.62. The fraction of sp³-hybridized carbons (Fsp3) is 0.250. The number of carbonyl (C=O) groups is 1. The molecule has 0 aromatic rings. The standard InChI is InChI=1S/C8H9O/c1-7(9)8-5-3-2-4-6-8/h2-5H,6H2,1H3. The van der Waals surface area contributed by atoms with E-state index < -0.39 is 0 Å². The van der Waals surface area contributed by atoms with Crippen molar-refractivity contribution in [2.24, 2.45) is 0 Å². The van der Waals surface area contributed by atoms with E-state index in [0.29, 0.717) is 0 Å². The molecule has 0 saturated carbocycles. The van der Waals surface area contributed by atoms with Crippen LogP contribution in [-0.4, -0.2) is 5.78 Å². The van der Waals surface area contributed by atoms with Gasteiger partial charge in [-0.15, -0.1) is 0 Å². The molecular weight excluding hydrogens is 112 g/mol.